The number of carbonyl (C=O) groups is 1. The van der Waals surface area contributed by atoms with Crippen molar-refractivity contribution in [2.45, 2.75) is 33.2 Å². The van der Waals surface area contributed by atoms with Crippen LogP contribution in [0.5, 0.6) is 0 Å². The molecule has 1 aromatic carbocycles. The van der Waals surface area contributed by atoms with Gasteiger partial charge in [0.05, 0.1) is 6.54 Å². The first-order chi connectivity index (χ1) is 9.78. The van der Waals surface area contributed by atoms with E-state index in [1.807, 2.05) is 19.1 Å². The first kappa shape index (κ1) is 19.2. The van der Waals surface area contributed by atoms with E-state index >= 15 is 0 Å². The van der Waals surface area contributed by atoms with E-state index in [1.165, 1.54) is 0 Å². The van der Waals surface area contributed by atoms with Crippen LogP contribution < -0.4 is 11.1 Å². The molecule has 4 nitrogen and oxygen atoms in total. The second-order valence-corrected chi connectivity index (χ2v) is 7.04. The predicted octanol–water partition coefficient (Wildman–Crippen LogP) is 3.07. The van der Waals surface area contributed by atoms with Gasteiger partial charge >= 0.3 is 0 Å². The van der Waals surface area contributed by atoms with Crippen molar-refractivity contribution < 1.29 is 4.79 Å². The third kappa shape index (κ3) is 4.85. The Labute approximate surface area is 143 Å². The normalized spacial score (nSPS) is 21.0. The summed E-state index contributed by atoms with van der Waals surface area (Å²) in [7, 11) is 0. The average molecular weight is 346 g/mol. The van der Waals surface area contributed by atoms with E-state index in [2.05, 4.69) is 24.1 Å². The van der Waals surface area contributed by atoms with Gasteiger partial charge in [-0.1, -0.05) is 25.4 Å². The molecule has 0 bridgehead atoms. The smallest absolute Gasteiger partial charge is 0.238 e. The number of nitrogens with two attached hydrogens (primary N) is 1. The van der Waals surface area contributed by atoms with Crippen molar-refractivity contribution in [2.24, 2.45) is 11.1 Å². The first-order valence-corrected chi connectivity index (χ1v) is 7.70. The van der Waals surface area contributed by atoms with Crippen LogP contribution in [0.15, 0.2) is 18.2 Å². The summed E-state index contributed by atoms with van der Waals surface area (Å²) in [5.41, 5.74) is 7.96. The second-order valence-electron chi connectivity index (χ2n) is 6.60. The number of hydrogen-bond acceptors (Lipinski definition) is 3. The summed E-state index contributed by atoms with van der Waals surface area (Å²) in [6.07, 6.45) is 0.931. The van der Waals surface area contributed by atoms with Crippen molar-refractivity contribution in [2.75, 3.05) is 25.0 Å². The minimum Gasteiger partial charge on any atom is -0.327 e. The van der Waals surface area contributed by atoms with E-state index in [9.17, 15) is 4.79 Å². The van der Waals surface area contributed by atoms with Crippen LogP contribution in [0, 0.1) is 12.3 Å². The Bertz CT molecular complexity index is 534. The molecule has 124 valence electrons. The van der Waals surface area contributed by atoms with Crippen molar-refractivity contribution in [3.05, 3.63) is 28.8 Å². The van der Waals surface area contributed by atoms with Gasteiger partial charge in [-0.15, -0.1) is 12.4 Å². The third-order valence-electron chi connectivity index (χ3n) is 4.22. The van der Waals surface area contributed by atoms with Crippen LogP contribution in [-0.2, 0) is 4.79 Å². The van der Waals surface area contributed by atoms with Crippen molar-refractivity contribution in [1.82, 2.24) is 4.90 Å². The van der Waals surface area contributed by atoms with Crippen molar-refractivity contribution in [1.29, 1.82) is 0 Å². The quantitative estimate of drug-likeness (QED) is 0.884. The number of benzene rings is 1. The summed E-state index contributed by atoms with van der Waals surface area (Å²) >= 11 is 5.92. The molecule has 0 radical (unpaired) electrons. The van der Waals surface area contributed by atoms with Crippen molar-refractivity contribution in [3.63, 3.8) is 0 Å². The molecule has 1 saturated heterocycles. The number of carbonyl (C=O) groups excluding carboxylic acids is 1. The molecule has 2 rings (SSSR count). The predicted molar refractivity (Wildman–Crippen MR) is 94.9 cm³/mol. The molecule has 1 aliphatic heterocycles. The van der Waals surface area contributed by atoms with Gasteiger partial charge in [0.25, 0.3) is 0 Å². The van der Waals surface area contributed by atoms with Crippen LogP contribution in [0.1, 0.15) is 25.8 Å². The van der Waals surface area contributed by atoms with Crippen LogP contribution in [0.2, 0.25) is 5.02 Å². The van der Waals surface area contributed by atoms with Crippen LogP contribution in [0.4, 0.5) is 5.69 Å². The fraction of sp³-hybridized carbons (Fsp3) is 0.562. The second kappa shape index (κ2) is 7.64. The highest BCUT2D eigenvalue weighted by molar-refractivity contribution is 6.30. The molecule has 1 heterocycles. The number of amides is 1. The largest absolute Gasteiger partial charge is 0.327 e. The lowest BCUT2D eigenvalue weighted by atomic mass is 9.80. The molecule has 0 aliphatic carbocycles. The van der Waals surface area contributed by atoms with Gasteiger partial charge in [0, 0.05) is 29.8 Å². The van der Waals surface area contributed by atoms with Gasteiger partial charge in [-0.25, -0.2) is 0 Å². The molecule has 1 unspecified atom stereocenters. The molecular weight excluding hydrogens is 321 g/mol. The van der Waals surface area contributed by atoms with Gasteiger partial charge in [-0.2, -0.15) is 0 Å². The Hall–Kier alpha value is -0.810. The number of nitrogens with one attached hydrogen (secondary N) is 1. The van der Waals surface area contributed by atoms with Gasteiger partial charge in [-0.3, -0.25) is 9.69 Å². The maximum Gasteiger partial charge on any atom is 0.238 e. The number of hydrogen-bond donors (Lipinski definition) is 2. The Morgan fingerprint density at radius 2 is 2.18 bits per heavy atom. The average Bonchev–Trinajstić information content (AvgIpc) is 2.37. The molecule has 1 amide bonds. The zero-order chi connectivity index (χ0) is 15.6. The fourth-order valence-corrected chi connectivity index (χ4v) is 3.01. The summed E-state index contributed by atoms with van der Waals surface area (Å²) < 4.78 is 0. The number of aryl methyl sites for hydroxylation is 1. The lowest BCUT2D eigenvalue weighted by Crippen LogP contribution is -2.53. The fourth-order valence-electron chi connectivity index (χ4n) is 2.78. The molecule has 0 spiro atoms. The summed E-state index contributed by atoms with van der Waals surface area (Å²) in [6.45, 7) is 8.37. The minimum atomic E-state index is 0. The number of anilines is 1. The summed E-state index contributed by atoms with van der Waals surface area (Å²) in [6, 6.07) is 5.68. The molecule has 1 aromatic rings. The van der Waals surface area contributed by atoms with E-state index in [0.717, 1.165) is 30.8 Å². The number of nitrogens with zero attached hydrogens (tertiary/aromatic N) is 1. The maximum absolute atomic E-state index is 12.2. The van der Waals surface area contributed by atoms with E-state index in [0.29, 0.717) is 11.6 Å². The SMILES string of the molecule is Cc1cc(Cl)ccc1NC(=O)CN1CCC(N)C(C)(C)C1.Cl. The monoisotopic (exact) mass is 345 g/mol. The van der Waals surface area contributed by atoms with E-state index in [1.54, 1.807) is 6.07 Å². The summed E-state index contributed by atoms with van der Waals surface area (Å²) in [5.74, 6) is 0.00620. The van der Waals surface area contributed by atoms with Gasteiger partial charge in [0.1, 0.15) is 0 Å². The summed E-state index contributed by atoms with van der Waals surface area (Å²) in [4.78, 5) is 14.4. The van der Waals surface area contributed by atoms with Crippen molar-refractivity contribution >= 4 is 35.6 Å². The Kier molecular flexibility index (Phi) is 6.68. The zero-order valence-electron chi connectivity index (χ0n) is 13.4. The molecule has 22 heavy (non-hydrogen) atoms. The number of halogens is 2. The lowest BCUT2D eigenvalue weighted by Gasteiger charge is -2.42. The maximum atomic E-state index is 12.2. The Balaban J connectivity index is 0.00000242. The van der Waals surface area contributed by atoms with Gasteiger partial charge in [0.2, 0.25) is 5.91 Å². The van der Waals surface area contributed by atoms with E-state index < -0.39 is 0 Å². The molecule has 0 saturated carbocycles. The van der Waals surface area contributed by atoms with E-state index in [4.69, 9.17) is 17.3 Å². The molecule has 1 fully saturated rings. The molecule has 6 heteroatoms. The standard InChI is InChI=1S/C16H24ClN3O.ClH/c1-11-8-12(17)4-5-13(11)19-15(21)9-20-7-6-14(18)16(2,3)10-20;/h4-5,8,14H,6-7,9-10,18H2,1-3H3,(H,19,21);1H. The van der Waals surface area contributed by atoms with Gasteiger partial charge in [-0.05, 0) is 42.5 Å². The zero-order valence-corrected chi connectivity index (χ0v) is 14.9. The number of likely N-dealkylation sites (tertiary alicyclic amines) is 1. The minimum absolute atomic E-state index is 0. The molecular formula is C16H25Cl2N3O. The highest BCUT2D eigenvalue weighted by Gasteiger charge is 2.33. The van der Waals surface area contributed by atoms with Gasteiger partial charge < -0.3 is 11.1 Å². The third-order valence-corrected chi connectivity index (χ3v) is 4.46. The Morgan fingerprint density at radius 3 is 2.77 bits per heavy atom. The number of piperidine rings is 1. The van der Waals surface area contributed by atoms with Crippen LogP contribution in [-0.4, -0.2) is 36.5 Å². The van der Waals surface area contributed by atoms with Crippen molar-refractivity contribution in [3.8, 4) is 0 Å². The molecule has 3 N–H and O–H groups in total. The highest BCUT2D eigenvalue weighted by atomic mass is 35.5. The lowest BCUT2D eigenvalue weighted by molar-refractivity contribution is -0.118. The Morgan fingerprint density at radius 1 is 1.50 bits per heavy atom. The van der Waals surface area contributed by atoms with Crippen LogP contribution in [0.25, 0.3) is 0 Å². The molecule has 0 aromatic heterocycles. The first-order valence-electron chi connectivity index (χ1n) is 7.32. The van der Waals surface area contributed by atoms with Gasteiger partial charge in [0.15, 0.2) is 0 Å². The highest BCUT2D eigenvalue weighted by Crippen LogP contribution is 2.27. The molecule has 1 aliphatic rings. The molecule has 1 atom stereocenters. The topological polar surface area (TPSA) is 58.4 Å². The van der Waals surface area contributed by atoms with E-state index in [-0.39, 0.29) is 29.8 Å². The van der Waals surface area contributed by atoms with Crippen LogP contribution in [0.3, 0.4) is 0 Å². The number of rotatable bonds is 3. The van der Waals surface area contributed by atoms with Crippen LogP contribution >= 0.6 is 24.0 Å². The summed E-state index contributed by atoms with van der Waals surface area (Å²) in [5, 5.41) is 3.63.